The van der Waals surface area contributed by atoms with E-state index in [1.165, 1.54) is 17.7 Å². The van der Waals surface area contributed by atoms with E-state index in [0.29, 0.717) is 0 Å². The minimum absolute atomic E-state index is 0.0137. The fraction of sp³-hybridized carbons (Fsp3) is 0.765. The molecule has 2 unspecified atom stereocenters. The molecule has 1 saturated heterocycles. The van der Waals surface area contributed by atoms with Crippen molar-refractivity contribution < 1.29 is 4.74 Å². The molecule has 1 saturated carbocycles. The number of nitrogens with two attached hydrogens (primary N) is 1. The Hall–Kier alpha value is -0.420. The van der Waals surface area contributed by atoms with Crippen LogP contribution in [0.1, 0.15) is 50.8 Å². The zero-order valence-electron chi connectivity index (χ0n) is 13.3. The van der Waals surface area contributed by atoms with Crippen molar-refractivity contribution in [2.24, 2.45) is 5.73 Å². The third-order valence-corrected chi connectivity index (χ3v) is 6.21. The van der Waals surface area contributed by atoms with Crippen LogP contribution in [0.3, 0.4) is 0 Å². The molecule has 2 atom stereocenters. The van der Waals surface area contributed by atoms with E-state index >= 15 is 0 Å². The summed E-state index contributed by atoms with van der Waals surface area (Å²) in [5.74, 6) is 0. The Bertz CT molecular complexity index is 459. The lowest BCUT2D eigenvalue weighted by Gasteiger charge is -2.51. The summed E-state index contributed by atoms with van der Waals surface area (Å²) in [6.45, 7) is 7.13. The molecule has 1 aliphatic heterocycles. The van der Waals surface area contributed by atoms with Gasteiger partial charge in [-0.15, -0.1) is 11.3 Å². The lowest BCUT2D eigenvalue weighted by molar-refractivity contribution is -0.132. The summed E-state index contributed by atoms with van der Waals surface area (Å²) in [6.07, 6.45) is 5.86. The fourth-order valence-electron chi connectivity index (χ4n) is 3.73. The van der Waals surface area contributed by atoms with E-state index in [2.05, 4.69) is 36.3 Å². The topological polar surface area (TPSA) is 38.5 Å². The van der Waals surface area contributed by atoms with Crippen LogP contribution < -0.4 is 5.73 Å². The number of rotatable bonds is 6. The Morgan fingerprint density at radius 2 is 2.29 bits per heavy atom. The van der Waals surface area contributed by atoms with E-state index in [-0.39, 0.29) is 11.1 Å². The molecule has 2 fully saturated rings. The first-order valence-corrected chi connectivity index (χ1v) is 9.12. The van der Waals surface area contributed by atoms with Gasteiger partial charge in [0.15, 0.2) is 0 Å². The summed E-state index contributed by atoms with van der Waals surface area (Å²) in [5, 5.41) is 2.18. The molecule has 2 heterocycles. The highest BCUT2D eigenvalue weighted by Gasteiger charge is 2.49. The number of thiophene rings is 1. The van der Waals surface area contributed by atoms with Crippen molar-refractivity contribution in [2.45, 2.75) is 69.7 Å². The van der Waals surface area contributed by atoms with Gasteiger partial charge in [0, 0.05) is 36.2 Å². The van der Waals surface area contributed by atoms with Crippen LogP contribution in [-0.2, 0) is 11.3 Å². The molecule has 3 rings (SSSR count). The van der Waals surface area contributed by atoms with Crippen molar-refractivity contribution >= 4 is 11.3 Å². The Labute approximate surface area is 132 Å². The normalized spacial score (nSPS) is 33.5. The lowest BCUT2D eigenvalue weighted by Crippen LogP contribution is -2.61. The van der Waals surface area contributed by atoms with Crippen LogP contribution >= 0.6 is 11.3 Å². The number of nitrogens with zero attached hydrogens (tertiary/aromatic N) is 1. The van der Waals surface area contributed by atoms with Crippen molar-refractivity contribution in [3.63, 3.8) is 0 Å². The van der Waals surface area contributed by atoms with Gasteiger partial charge in [0.25, 0.3) is 0 Å². The van der Waals surface area contributed by atoms with Crippen molar-refractivity contribution in [1.82, 2.24) is 4.90 Å². The van der Waals surface area contributed by atoms with Crippen LogP contribution in [0.25, 0.3) is 0 Å². The highest BCUT2D eigenvalue weighted by atomic mass is 32.1. The van der Waals surface area contributed by atoms with Gasteiger partial charge in [-0.25, -0.2) is 0 Å². The van der Waals surface area contributed by atoms with Gasteiger partial charge in [0.1, 0.15) is 0 Å². The van der Waals surface area contributed by atoms with Crippen molar-refractivity contribution in [2.75, 3.05) is 13.2 Å². The summed E-state index contributed by atoms with van der Waals surface area (Å²) >= 11 is 1.86. The minimum Gasteiger partial charge on any atom is -0.375 e. The van der Waals surface area contributed by atoms with E-state index in [9.17, 15) is 0 Å². The Morgan fingerprint density at radius 3 is 2.86 bits per heavy atom. The Balaban J connectivity index is 1.84. The molecule has 0 bridgehead atoms. The average molecular weight is 308 g/mol. The van der Waals surface area contributed by atoms with Gasteiger partial charge in [-0.3, -0.25) is 4.90 Å². The predicted molar refractivity (Wildman–Crippen MR) is 88.6 cm³/mol. The molecule has 0 aromatic carbocycles. The van der Waals surface area contributed by atoms with E-state index < -0.39 is 0 Å². The zero-order chi connectivity index (χ0) is 14.9. The number of ether oxygens (including phenoxy) is 1. The summed E-state index contributed by atoms with van der Waals surface area (Å²) in [7, 11) is 0. The molecule has 2 N–H and O–H groups in total. The molecular weight excluding hydrogens is 280 g/mol. The highest BCUT2D eigenvalue weighted by molar-refractivity contribution is 7.09. The summed E-state index contributed by atoms with van der Waals surface area (Å²) in [5.41, 5.74) is 6.42. The maximum Gasteiger partial charge on any atom is 0.0670 e. The third-order valence-electron chi connectivity index (χ3n) is 5.35. The van der Waals surface area contributed by atoms with Crippen LogP contribution in [0.15, 0.2) is 17.5 Å². The van der Waals surface area contributed by atoms with Crippen molar-refractivity contribution in [3.05, 3.63) is 22.4 Å². The quantitative estimate of drug-likeness (QED) is 0.875. The second-order valence-electron chi connectivity index (χ2n) is 6.95. The molecule has 21 heavy (non-hydrogen) atoms. The Morgan fingerprint density at radius 1 is 1.48 bits per heavy atom. The largest absolute Gasteiger partial charge is 0.375 e. The van der Waals surface area contributed by atoms with Gasteiger partial charge in [0.2, 0.25) is 0 Å². The molecule has 118 valence electrons. The highest BCUT2D eigenvalue weighted by Crippen LogP contribution is 2.43. The number of hydrogen-bond donors (Lipinski definition) is 1. The van der Waals surface area contributed by atoms with E-state index in [4.69, 9.17) is 10.5 Å². The van der Waals surface area contributed by atoms with Crippen LogP contribution in [-0.4, -0.2) is 35.2 Å². The SMILES string of the molecule is CCC1(C)CC(CN)(N(Cc2cccs2)C2CC2)CCO1. The third kappa shape index (κ3) is 3.19. The van der Waals surface area contributed by atoms with E-state index in [0.717, 1.165) is 45.0 Å². The van der Waals surface area contributed by atoms with Gasteiger partial charge in [0.05, 0.1) is 5.60 Å². The first-order chi connectivity index (χ1) is 10.1. The van der Waals surface area contributed by atoms with Gasteiger partial charge in [-0.1, -0.05) is 13.0 Å². The molecule has 4 heteroatoms. The fourth-order valence-corrected chi connectivity index (χ4v) is 4.43. The minimum atomic E-state index is -0.0137. The van der Waals surface area contributed by atoms with Crippen LogP contribution in [0, 0.1) is 0 Å². The van der Waals surface area contributed by atoms with Crippen LogP contribution in [0.4, 0.5) is 0 Å². The molecule has 1 aliphatic carbocycles. The lowest BCUT2D eigenvalue weighted by atomic mass is 9.77. The van der Waals surface area contributed by atoms with Crippen LogP contribution in [0.5, 0.6) is 0 Å². The molecule has 2 aliphatic rings. The standard InChI is InChI=1S/C17H28N2OS/c1-3-16(2)12-17(13-18,8-9-20-16)19(14-6-7-14)11-15-5-4-10-21-15/h4-5,10,14H,3,6-9,11-13,18H2,1-2H3. The summed E-state index contributed by atoms with van der Waals surface area (Å²) in [6, 6.07) is 5.14. The number of hydrogen-bond acceptors (Lipinski definition) is 4. The van der Waals surface area contributed by atoms with Crippen LogP contribution in [0.2, 0.25) is 0 Å². The monoisotopic (exact) mass is 308 g/mol. The van der Waals surface area contributed by atoms with Gasteiger partial charge in [-0.2, -0.15) is 0 Å². The van der Waals surface area contributed by atoms with Gasteiger partial charge >= 0.3 is 0 Å². The predicted octanol–water partition coefficient (Wildman–Crippen LogP) is 3.39. The van der Waals surface area contributed by atoms with Crippen molar-refractivity contribution in [1.29, 1.82) is 0 Å². The Kier molecular flexibility index (Phi) is 4.42. The molecule has 1 aromatic heterocycles. The summed E-state index contributed by atoms with van der Waals surface area (Å²) in [4.78, 5) is 4.18. The first kappa shape index (κ1) is 15.5. The van der Waals surface area contributed by atoms with Crippen molar-refractivity contribution in [3.8, 4) is 0 Å². The first-order valence-electron chi connectivity index (χ1n) is 8.24. The second-order valence-corrected chi connectivity index (χ2v) is 7.98. The molecule has 1 aromatic rings. The maximum atomic E-state index is 6.32. The smallest absolute Gasteiger partial charge is 0.0670 e. The molecule has 0 spiro atoms. The molecule has 0 radical (unpaired) electrons. The van der Waals surface area contributed by atoms with E-state index in [1.807, 2.05) is 11.3 Å². The zero-order valence-corrected chi connectivity index (χ0v) is 14.1. The summed E-state index contributed by atoms with van der Waals surface area (Å²) < 4.78 is 6.08. The maximum absolute atomic E-state index is 6.32. The average Bonchev–Trinajstić information content (AvgIpc) is 3.21. The van der Waals surface area contributed by atoms with Gasteiger partial charge < -0.3 is 10.5 Å². The molecule has 3 nitrogen and oxygen atoms in total. The molecular formula is C17H28N2OS. The van der Waals surface area contributed by atoms with Gasteiger partial charge in [-0.05, 0) is 50.5 Å². The second kappa shape index (κ2) is 5.99. The molecule has 0 amide bonds. The van der Waals surface area contributed by atoms with E-state index in [1.54, 1.807) is 0 Å².